The highest BCUT2D eigenvalue weighted by atomic mass is 16.3. The largest absolute Gasteiger partial charge is 0.455 e. The SMILES string of the molecule is c1ccc(-c2cc3c4cc(-c5ccc(-c6nc(-c7ccc8ccccc8c7)nc(-c7ccc8ccccc8c7)n6)cc5)ccc4oc3c3ccccc23)cc1. The molecule has 4 nitrogen and oxygen atoms in total. The third kappa shape index (κ3) is 5.43. The highest BCUT2D eigenvalue weighted by Gasteiger charge is 2.17. The van der Waals surface area contributed by atoms with E-state index in [-0.39, 0.29) is 0 Å². The van der Waals surface area contributed by atoms with E-state index < -0.39 is 0 Å². The van der Waals surface area contributed by atoms with Crippen molar-refractivity contribution in [3.8, 4) is 56.4 Å². The van der Waals surface area contributed by atoms with E-state index in [2.05, 4.69) is 188 Å². The number of benzene rings is 9. The summed E-state index contributed by atoms with van der Waals surface area (Å²) in [6, 6.07) is 65.9. The van der Waals surface area contributed by atoms with Crippen LogP contribution in [0.5, 0.6) is 0 Å². The predicted molar refractivity (Wildman–Crippen MR) is 227 cm³/mol. The van der Waals surface area contributed by atoms with Gasteiger partial charge in [0.25, 0.3) is 0 Å². The molecule has 11 aromatic rings. The molecule has 0 aliphatic rings. The average molecular weight is 702 g/mol. The third-order valence-electron chi connectivity index (χ3n) is 10.7. The van der Waals surface area contributed by atoms with Gasteiger partial charge in [-0.3, -0.25) is 0 Å². The Hall–Kier alpha value is -7.43. The molecule has 0 spiro atoms. The van der Waals surface area contributed by atoms with Crippen LogP contribution in [0.3, 0.4) is 0 Å². The molecule has 55 heavy (non-hydrogen) atoms. The van der Waals surface area contributed by atoms with Crippen molar-refractivity contribution in [3.05, 3.63) is 188 Å². The summed E-state index contributed by atoms with van der Waals surface area (Å²) in [6.07, 6.45) is 0. The molecule has 0 N–H and O–H groups in total. The summed E-state index contributed by atoms with van der Waals surface area (Å²) >= 11 is 0. The Morgan fingerprint density at radius 3 is 1.45 bits per heavy atom. The van der Waals surface area contributed by atoms with Crippen LogP contribution in [0, 0.1) is 0 Å². The Labute approximate surface area is 317 Å². The van der Waals surface area contributed by atoms with E-state index in [0.29, 0.717) is 17.5 Å². The molecule has 2 heterocycles. The Morgan fingerprint density at radius 2 is 0.800 bits per heavy atom. The van der Waals surface area contributed by atoms with Crippen LogP contribution in [0.1, 0.15) is 0 Å². The molecule has 0 aliphatic carbocycles. The first-order valence-corrected chi connectivity index (χ1v) is 18.5. The van der Waals surface area contributed by atoms with E-state index in [4.69, 9.17) is 19.4 Å². The van der Waals surface area contributed by atoms with Crippen molar-refractivity contribution < 1.29 is 4.42 Å². The molecule has 0 bridgehead atoms. The normalized spacial score (nSPS) is 11.6. The maximum absolute atomic E-state index is 6.54. The summed E-state index contributed by atoms with van der Waals surface area (Å²) in [5.41, 5.74) is 9.20. The zero-order valence-corrected chi connectivity index (χ0v) is 29.6. The van der Waals surface area contributed by atoms with Crippen molar-refractivity contribution >= 4 is 54.3 Å². The molecule has 0 unspecified atom stereocenters. The van der Waals surface area contributed by atoms with Crippen molar-refractivity contribution in [2.75, 3.05) is 0 Å². The van der Waals surface area contributed by atoms with Gasteiger partial charge in [0.15, 0.2) is 17.5 Å². The lowest BCUT2D eigenvalue weighted by Gasteiger charge is -2.10. The molecule has 4 heteroatoms. The summed E-state index contributed by atoms with van der Waals surface area (Å²) < 4.78 is 6.54. The fourth-order valence-corrected chi connectivity index (χ4v) is 7.87. The van der Waals surface area contributed by atoms with Crippen LogP contribution in [0.4, 0.5) is 0 Å². The van der Waals surface area contributed by atoms with Crippen molar-refractivity contribution in [3.63, 3.8) is 0 Å². The van der Waals surface area contributed by atoms with Gasteiger partial charge in [-0.25, -0.2) is 15.0 Å². The number of rotatable bonds is 5. The maximum Gasteiger partial charge on any atom is 0.164 e. The monoisotopic (exact) mass is 701 g/mol. The lowest BCUT2D eigenvalue weighted by molar-refractivity contribution is 0.673. The number of hydrogen-bond donors (Lipinski definition) is 0. The van der Waals surface area contributed by atoms with Gasteiger partial charge in [-0.1, -0.05) is 158 Å². The minimum absolute atomic E-state index is 0.629. The van der Waals surface area contributed by atoms with Gasteiger partial charge in [0.2, 0.25) is 0 Å². The van der Waals surface area contributed by atoms with Crippen molar-refractivity contribution in [2.24, 2.45) is 0 Å². The summed E-state index contributed by atoms with van der Waals surface area (Å²) in [6.45, 7) is 0. The van der Waals surface area contributed by atoms with E-state index >= 15 is 0 Å². The molecule has 256 valence electrons. The summed E-state index contributed by atoms with van der Waals surface area (Å²) in [5.74, 6) is 1.91. The quantitative estimate of drug-likeness (QED) is 0.179. The summed E-state index contributed by atoms with van der Waals surface area (Å²) in [4.78, 5) is 15.2. The zero-order valence-electron chi connectivity index (χ0n) is 29.6. The molecule has 0 saturated carbocycles. The van der Waals surface area contributed by atoms with E-state index in [9.17, 15) is 0 Å². The molecule has 0 saturated heterocycles. The highest BCUT2D eigenvalue weighted by Crippen LogP contribution is 2.41. The van der Waals surface area contributed by atoms with Gasteiger partial charge < -0.3 is 4.42 Å². The van der Waals surface area contributed by atoms with E-state index in [1.54, 1.807) is 0 Å². The standard InChI is InChI=1S/C51H31N3O/c1-2-12-35(13-3-1)44-31-46-45-30-39(26-27-47(45)55-48(46)43-17-9-8-16-42(43)44)34-18-22-36(23-19-34)49-52-50(40-24-20-32-10-4-6-14-37(32)28-40)54-51(53-49)41-25-21-33-11-5-7-15-38(33)29-41/h1-31H. The highest BCUT2D eigenvalue weighted by molar-refractivity contribution is 6.19. The number of furan rings is 1. The molecular formula is C51H31N3O. The lowest BCUT2D eigenvalue weighted by atomic mass is 9.95. The van der Waals surface area contributed by atoms with Gasteiger partial charge in [0.1, 0.15) is 11.2 Å². The minimum Gasteiger partial charge on any atom is -0.455 e. The van der Waals surface area contributed by atoms with Crippen LogP contribution in [0.2, 0.25) is 0 Å². The van der Waals surface area contributed by atoms with E-state index in [0.717, 1.165) is 65.9 Å². The van der Waals surface area contributed by atoms with Crippen molar-refractivity contribution in [2.45, 2.75) is 0 Å². The molecule has 9 aromatic carbocycles. The van der Waals surface area contributed by atoms with Crippen LogP contribution in [-0.2, 0) is 0 Å². The van der Waals surface area contributed by atoms with Crippen LogP contribution in [0.15, 0.2) is 192 Å². The topological polar surface area (TPSA) is 51.8 Å². The molecule has 11 rings (SSSR count). The molecule has 2 aromatic heterocycles. The first-order valence-electron chi connectivity index (χ1n) is 18.5. The average Bonchev–Trinajstić information content (AvgIpc) is 3.64. The van der Waals surface area contributed by atoms with Crippen LogP contribution in [-0.4, -0.2) is 15.0 Å². The molecule has 0 atom stereocenters. The van der Waals surface area contributed by atoms with Crippen molar-refractivity contribution in [1.29, 1.82) is 0 Å². The summed E-state index contributed by atoms with van der Waals surface area (Å²) in [7, 11) is 0. The Kier molecular flexibility index (Phi) is 7.14. The number of fused-ring (bicyclic) bond motifs is 7. The van der Waals surface area contributed by atoms with Gasteiger partial charge in [-0.05, 0) is 79.5 Å². The third-order valence-corrected chi connectivity index (χ3v) is 10.7. The van der Waals surface area contributed by atoms with Crippen LogP contribution >= 0.6 is 0 Å². The second kappa shape index (κ2) is 12.6. The molecule has 0 fully saturated rings. The number of aromatic nitrogens is 3. The van der Waals surface area contributed by atoms with Gasteiger partial charge >= 0.3 is 0 Å². The molecule has 0 aliphatic heterocycles. The molecule has 0 radical (unpaired) electrons. The number of nitrogens with zero attached hydrogens (tertiary/aromatic N) is 3. The second-order valence-corrected chi connectivity index (χ2v) is 14.0. The Balaban J connectivity index is 1.02. The minimum atomic E-state index is 0.629. The Bertz CT molecular complexity index is 3160. The fraction of sp³-hybridized carbons (Fsp3) is 0. The predicted octanol–water partition coefficient (Wildman–Crippen LogP) is 13.6. The van der Waals surface area contributed by atoms with E-state index in [1.807, 2.05) is 0 Å². The maximum atomic E-state index is 6.54. The first kappa shape index (κ1) is 31.1. The van der Waals surface area contributed by atoms with Crippen LogP contribution in [0.25, 0.3) is 111 Å². The summed E-state index contributed by atoms with van der Waals surface area (Å²) in [5, 5.41) is 9.15. The lowest BCUT2D eigenvalue weighted by Crippen LogP contribution is -2.00. The first-order chi connectivity index (χ1) is 27.2. The smallest absolute Gasteiger partial charge is 0.164 e. The van der Waals surface area contributed by atoms with Gasteiger partial charge in [0.05, 0.1) is 0 Å². The Morgan fingerprint density at radius 1 is 0.291 bits per heavy atom. The van der Waals surface area contributed by atoms with Crippen molar-refractivity contribution in [1.82, 2.24) is 15.0 Å². The molecular weight excluding hydrogens is 671 g/mol. The zero-order chi connectivity index (χ0) is 36.3. The van der Waals surface area contributed by atoms with Gasteiger partial charge in [0, 0.05) is 32.8 Å². The molecule has 0 amide bonds. The second-order valence-electron chi connectivity index (χ2n) is 14.0. The van der Waals surface area contributed by atoms with Gasteiger partial charge in [-0.2, -0.15) is 0 Å². The fourth-order valence-electron chi connectivity index (χ4n) is 7.87. The number of hydrogen-bond acceptors (Lipinski definition) is 4. The van der Waals surface area contributed by atoms with E-state index in [1.165, 1.54) is 27.3 Å². The van der Waals surface area contributed by atoms with Crippen LogP contribution < -0.4 is 0 Å². The van der Waals surface area contributed by atoms with Gasteiger partial charge in [-0.15, -0.1) is 0 Å².